The molecule has 0 heterocycles. The van der Waals surface area contributed by atoms with Crippen molar-refractivity contribution in [3.8, 4) is 0 Å². The minimum Gasteiger partial charge on any atom is -0.393 e. The highest BCUT2D eigenvalue weighted by atomic mass is 16.3. The van der Waals surface area contributed by atoms with Crippen molar-refractivity contribution < 1.29 is 5.11 Å². The Bertz CT molecular complexity index is 139. The molecule has 2 heteroatoms. The Labute approximate surface area is 74.9 Å². The Morgan fingerprint density at radius 1 is 1.42 bits per heavy atom. The molecule has 1 aliphatic carbocycles. The average molecular weight is 169 g/mol. The number of hydrogen-bond donors (Lipinski definition) is 1. The van der Waals surface area contributed by atoms with E-state index < -0.39 is 0 Å². The van der Waals surface area contributed by atoms with Gasteiger partial charge in [-0.05, 0) is 32.7 Å². The smallest absolute Gasteiger partial charge is 0.0541 e. The summed E-state index contributed by atoms with van der Waals surface area (Å²) in [6.07, 6.45) is 6.08. The quantitative estimate of drug-likeness (QED) is 0.646. The van der Waals surface area contributed by atoms with Gasteiger partial charge >= 0.3 is 0 Å². The van der Waals surface area contributed by atoms with Crippen LogP contribution < -0.4 is 0 Å². The zero-order valence-corrected chi connectivity index (χ0v) is 7.87. The Morgan fingerprint density at radius 3 is 2.50 bits per heavy atom. The molecule has 70 valence electrons. The summed E-state index contributed by atoms with van der Waals surface area (Å²) in [5, 5.41) is 9.30. The van der Waals surface area contributed by atoms with Gasteiger partial charge in [0.25, 0.3) is 0 Å². The van der Waals surface area contributed by atoms with Crippen molar-refractivity contribution in [2.45, 2.75) is 37.8 Å². The van der Waals surface area contributed by atoms with Crippen LogP contribution in [-0.2, 0) is 0 Å². The number of aliphatic hydroxyl groups excluding tert-OH is 1. The second-order valence-electron chi connectivity index (χ2n) is 3.69. The lowest BCUT2D eigenvalue weighted by Gasteiger charge is -2.32. The van der Waals surface area contributed by atoms with Gasteiger partial charge in [0.2, 0.25) is 0 Å². The SMILES string of the molecule is C=CCN(C)C1CCC(O)CC1. The second kappa shape index (κ2) is 4.63. The van der Waals surface area contributed by atoms with E-state index >= 15 is 0 Å². The molecule has 0 aliphatic heterocycles. The van der Waals surface area contributed by atoms with E-state index in [2.05, 4.69) is 18.5 Å². The fraction of sp³-hybridized carbons (Fsp3) is 0.800. The zero-order valence-electron chi connectivity index (χ0n) is 7.87. The van der Waals surface area contributed by atoms with Gasteiger partial charge in [0, 0.05) is 12.6 Å². The van der Waals surface area contributed by atoms with Gasteiger partial charge in [0.15, 0.2) is 0 Å². The molecule has 1 rings (SSSR count). The lowest BCUT2D eigenvalue weighted by atomic mass is 9.92. The fourth-order valence-electron chi connectivity index (χ4n) is 1.85. The van der Waals surface area contributed by atoms with Crippen molar-refractivity contribution in [2.75, 3.05) is 13.6 Å². The molecule has 1 aliphatic rings. The first-order valence-electron chi connectivity index (χ1n) is 4.73. The molecule has 0 aromatic heterocycles. The largest absolute Gasteiger partial charge is 0.393 e. The van der Waals surface area contributed by atoms with E-state index in [0.29, 0.717) is 6.04 Å². The first kappa shape index (κ1) is 9.75. The maximum atomic E-state index is 9.30. The van der Waals surface area contributed by atoms with Crippen LogP contribution in [0.25, 0.3) is 0 Å². The van der Waals surface area contributed by atoms with E-state index in [4.69, 9.17) is 0 Å². The number of aliphatic hydroxyl groups is 1. The van der Waals surface area contributed by atoms with E-state index in [1.165, 1.54) is 0 Å². The number of likely N-dealkylation sites (N-methyl/N-ethyl adjacent to an activating group) is 1. The van der Waals surface area contributed by atoms with Gasteiger partial charge in [0.1, 0.15) is 0 Å². The van der Waals surface area contributed by atoms with Gasteiger partial charge in [-0.2, -0.15) is 0 Å². The number of hydrogen-bond acceptors (Lipinski definition) is 2. The van der Waals surface area contributed by atoms with E-state index in [-0.39, 0.29) is 6.10 Å². The lowest BCUT2D eigenvalue weighted by Crippen LogP contribution is -2.36. The Morgan fingerprint density at radius 2 is 2.00 bits per heavy atom. The van der Waals surface area contributed by atoms with Crippen LogP contribution in [-0.4, -0.2) is 35.7 Å². The first-order chi connectivity index (χ1) is 5.74. The third-order valence-electron chi connectivity index (χ3n) is 2.71. The maximum Gasteiger partial charge on any atom is 0.0541 e. The van der Waals surface area contributed by atoms with Gasteiger partial charge in [-0.1, -0.05) is 6.08 Å². The summed E-state index contributed by atoms with van der Waals surface area (Å²) >= 11 is 0. The molecule has 0 radical (unpaired) electrons. The van der Waals surface area contributed by atoms with E-state index in [0.717, 1.165) is 32.2 Å². The summed E-state index contributed by atoms with van der Waals surface area (Å²) in [4.78, 5) is 2.32. The predicted molar refractivity (Wildman–Crippen MR) is 51.1 cm³/mol. The highest BCUT2D eigenvalue weighted by molar-refractivity contribution is 4.81. The maximum absolute atomic E-state index is 9.30. The molecule has 1 saturated carbocycles. The molecule has 2 nitrogen and oxygen atoms in total. The van der Waals surface area contributed by atoms with Crippen LogP contribution in [0.4, 0.5) is 0 Å². The van der Waals surface area contributed by atoms with Crippen molar-refractivity contribution in [1.29, 1.82) is 0 Å². The Hall–Kier alpha value is -0.340. The van der Waals surface area contributed by atoms with Gasteiger partial charge in [-0.15, -0.1) is 6.58 Å². The van der Waals surface area contributed by atoms with Crippen molar-refractivity contribution in [2.24, 2.45) is 0 Å². The van der Waals surface area contributed by atoms with Gasteiger partial charge in [-0.3, -0.25) is 4.90 Å². The molecule has 0 aromatic rings. The van der Waals surface area contributed by atoms with E-state index in [1.54, 1.807) is 0 Å². The fourth-order valence-corrected chi connectivity index (χ4v) is 1.85. The molecular formula is C10H19NO. The summed E-state index contributed by atoms with van der Waals surface area (Å²) in [6.45, 7) is 4.68. The van der Waals surface area contributed by atoms with Crippen LogP contribution in [0.2, 0.25) is 0 Å². The van der Waals surface area contributed by atoms with Crippen LogP contribution in [0, 0.1) is 0 Å². The molecule has 0 atom stereocenters. The summed E-state index contributed by atoms with van der Waals surface area (Å²) < 4.78 is 0. The normalized spacial score (nSPS) is 30.6. The van der Waals surface area contributed by atoms with Crippen molar-refractivity contribution in [1.82, 2.24) is 4.90 Å². The van der Waals surface area contributed by atoms with Crippen LogP contribution in [0.5, 0.6) is 0 Å². The number of rotatable bonds is 3. The van der Waals surface area contributed by atoms with Crippen LogP contribution >= 0.6 is 0 Å². The van der Waals surface area contributed by atoms with E-state index in [9.17, 15) is 5.11 Å². The van der Waals surface area contributed by atoms with Crippen molar-refractivity contribution >= 4 is 0 Å². The molecule has 0 saturated heterocycles. The molecule has 0 amide bonds. The molecular weight excluding hydrogens is 150 g/mol. The molecule has 12 heavy (non-hydrogen) atoms. The van der Waals surface area contributed by atoms with Crippen LogP contribution in [0.1, 0.15) is 25.7 Å². The average Bonchev–Trinajstić information content (AvgIpc) is 2.06. The first-order valence-corrected chi connectivity index (χ1v) is 4.73. The molecule has 0 bridgehead atoms. The Balaban J connectivity index is 2.28. The summed E-state index contributed by atoms with van der Waals surface area (Å²) in [5.41, 5.74) is 0. The highest BCUT2D eigenvalue weighted by Gasteiger charge is 2.21. The predicted octanol–water partition coefficient (Wildman–Crippen LogP) is 1.41. The van der Waals surface area contributed by atoms with Crippen molar-refractivity contribution in [3.05, 3.63) is 12.7 Å². The van der Waals surface area contributed by atoms with Crippen LogP contribution in [0.3, 0.4) is 0 Å². The van der Waals surface area contributed by atoms with Gasteiger partial charge in [0.05, 0.1) is 6.10 Å². The molecule has 0 spiro atoms. The third kappa shape index (κ3) is 2.61. The Kier molecular flexibility index (Phi) is 3.76. The standard InChI is InChI=1S/C10H19NO/c1-3-8-11(2)9-4-6-10(12)7-5-9/h3,9-10,12H,1,4-8H2,2H3. The molecule has 0 unspecified atom stereocenters. The minimum absolute atomic E-state index is 0.0432. The van der Waals surface area contributed by atoms with Gasteiger partial charge < -0.3 is 5.11 Å². The zero-order chi connectivity index (χ0) is 8.97. The minimum atomic E-state index is -0.0432. The highest BCUT2D eigenvalue weighted by Crippen LogP contribution is 2.21. The lowest BCUT2D eigenvalue weighted by molar-refractivity contribution is 0.0882. The van der Waals surface area contributed by atoms with Gasteiger partial charge in [-0.25, -0.2) is 0 Å². The molecule has 1 N–H and O–H groups in total. The molecule has 1 fully saturated rings. The van der Waals surface area contributed by atoms with E-state index in [1.807, 2.05) is 6.08 Å². The summed E-state index contributed by atoms with van der Waals surface area (Å²) in [6, 6.07) is 0.659. The molecule has 0 aromatic carbocycles. The third-order valence-corrected chi connectivity index (χ3v) is 2.71. The number of nitrogens with zero attached hydrogens (tertiary/aromatic N) is 1. The van der Waals surface area contributed by atoms with Crippen LogP contribution in [0.15, 0.2) is 12.7 Å². The summed E-state index contributed by atoms with van der Waals surface area (Å²) in [7, 11) is 2.13. The summed E-state index contributed by atoms with van der Waals surface area (Å²) in [5.74, 6) is 0. The topological polar surface area (TPSA) is 23.5 Å². The van der Waals surface area contributed by atoms with Crippen molar-refractivity contribution in [3.63, 3.8) is 0 Å². The monoisotopic (exact) mass is 169 g/mol. The second-order valence-corrected chi connectivity index (χ2v) is 3.69.